The molecule has 0 radical (unpaired) electrons. The van der Waals surface area contributed by atoms with E-state index >= 15 is 0 Å². The van der Waals surface area contributed by atoms with Crippen molar-refractivity contribution in [3.8, 4) is 0 Å². The Hall–Kier alpha value is -0.920. The van der Waals surface area contributed by atoms with E-state index in [1.807, 2.05) is 32.9 Å². The molecule has 0 aromatic rings. The van der Waals surface area contributed by atoms with Crippen molar-refractivity contribution in [1.82, 2.24) is 0 Å². The van der Waals surface area contributed by atoms with E-state index in [4.69, 9.17) is 0 Å². The summed E-state index contributed by atoms with van der Waals surface area (Å²) in [5, 5.41) is 0. The minimum Gasteiger partial charge on any atom is -0.202 e. The van der Waals surface area contributed by atoms with Gasteiger partial charge in [-0.1, -0.05) is 36.8 Å². The van der Waals surface area contributed by atoms with E-state index in [0.29, 0.717) is 6.42 Å². The lowest BCUT2D eigenvalue weighted by Gasteiger charge is -2.16. The van der Waals surface area contributed by atoms with Gasteiger partial charge in [0, 0.05) is 6.42 Å². The van der Waals surface area contributed by atoms with Crippen LogP contribution in [-0.4, -0.2) is 5.92 Å². The predicted molar refractivity (Wildman–Crippen MR) is 66.8 cm³/mol. The van der Waals surface area contributed by atoms with Crippen LogP contribution in [0.1, 0.15) is 47.0 Å². The summed E-state index contributed by atoms with van der Waals surface area (Å²) in [6.45, 7) is 10.7. The third-order valence-corrected chi connectivity index (χ3v) is 2.49. The van der Waals surface area contributed by atoms with Crippen molar-refractivity contribution < 1.29 is 8.78 Å². The highest BCUT2D eigenvalue weighted by atomic mass is 19.3. The lowest BCUT2D eigenvalue weighted by atomic mass is 10.0. The monoisotopic (exact) mass is 228 g/mol. The first-order chi connectivity index (χ1) is 7.29. The third kappa shape index (κ3) is 5.84. The van der Waals surface area contributed by atoms with E-state index in [1.54, 1.807) is 0 Å². The summed E-state index contributed by atoms with van der Waals surface area (Å²) < 4.78 is 26.6. The van der Waals surface area contributed by atoms with Gasteiger partial charge in [-0.2, -0.15) is 0 Å². The Morgan fingerprint density at radius 1 is 1.19 bits per heavy atom. The van der Waals surface area contributed by atoms with Gasteiger partial charge in [-0.25, -0.2) is 8.78 Å². The van der Waals surface area contributed by atoms with Crippen molar-refractivity contribution in [2.24, 2.45) is 0 Å². The number of allylic oxidation sites excluding steroid dienone is 5. The van der Waals surface area contributed by atoms with Gasteiger partial charge < -0.3 is 0 Å². The first-order valence-corrected chi connectivity index (χ1v) is 5.66. The SMILES string of the molecule is C=C(C)C(F)(F)CC/C(=C/C=C(C)C)CC. The normalized spacial score (nSPS) is 12.5. The molecule has 0 saturated heterocycles. The maximum Gasteiger partial charge on any atom is 0.269 e. The van der Waals surface area contributed by atoms with Crippen LogP contribution in [0.15, 0.2) is 35.5 Å². The van der Waals surface area contributed by atoms with Crippen LogP contribution in [-0.2, 0) is 0 Å². The lowest BCUT2D eigenvalue weighted by molar-refractivity contribution is 0.0331. The molecule has 0 fully saturated rings. The summed E-state index contributed by atoms with van der Waals surface area (Å²) in [7, 11) is 0. The minimum atomic E-state index is -2.74. The molecule has 0 aliphatic rings. The minimum absolute atomic E-state index is 0.0508. The van der Waals surface area contributed by atoms with Crippen LogP contribution in [0.25, 0.3) is 0 Å². The van der Waals surface area contributed by atoms with Crippen LogP contribution in [0, 0.1) is 0 Å². The molecule has 0 aliphatic carbocycles. The molecular weight excluding hydrogens is 206 g/mol. The second kappa shape index (κ2) is 6.62. The zero-order valence-electron chi connectivity index (χ0n) is 10.7. The molecule has 0 spiro atoms. The first kappa shape index (κ1) is 15.1. The number of alkyl halides is 2. The van der Waals surface area contributed by atoms with E-state index in [2.05, 4.69) is 6.58 Å². The molecule has 0 unspecified atom stereocenters. The molecule has 0 aromatic heterocycles. The quantitative estimate of drug-likeness (QED) is 0.428. The Morgan fingerprint density at radius 3 is 2.12 bits per heavy atom. The number of hydrogen-bond donors (Lipinski definition) is 0. The Balaban J connectivity index is 4.42. The second-order valence-electron chi connectivity index (χ2n) is 4.41. The average molecular weight is 228 g/mol. The Kier molecular flexibility index (Phi) is 6.24. The highest BCUT2D eigenvalue weighted by Gasteiger charge is 2.29. The van der Waals surface area contributed by atoms with Gasteiger partial charge in [0.15, 0.2) is 0 Å². The molecule has 0 bridgehead atoms. The van der Waals surface area contributed by atoms with E-state index in [1.165, 1.54) is 12.5 Å². The smallest absolute Gasteiger partial charge is 0.202 e. The summed E-state index contributed by atoms with van der Waals surface area (Å²) in [5.74, 6) is -2.74. The van der Waals surface area contributed by atoms with Crippen LogP contribution in [0.4, 0.5) is 8.78 Å². The van der Waals surface area contributed by atoms with Crippen LogP contribution in [0.2, 0.25) is 0 Å². The fourth-order valence-electron chi connectivity index (χ4n) is 1.19. The van der Waals surface area contributed by atoms with Gasteiger partial charge in [0.1, 0.15) is 0 Å². The maximum absolute atomic E-state index is 13.3. The molecule has 0 rings (SSSR count). The van der Waals surface area contributed by atoms with Gasteiger partial charge in [0.05, 0.1) is 0 Å². The fraction of sp³-hybridized carbons (Fsp3) is 0.571. The Labute approximate surface area is 97.7 Å². The van der Waals surface area contributed by atoms with Crippen molar-refractivity contribution in [2.45, 2.75) is 52.9 Å². The molecule has 0 aliphatic heterocycles. The topological polar surface area (TPSA) is 0 Å². The van der Waals surface area contributed by atoms with Gasteiger partial charge in [-0.3, -0.25) is 0 Å². The van der Waals surface area contributed by atoms with Gasteiger partial charge in [-0.05, 0) is 39.2 Å². The highest BCUT2D eigenvalue weighted by Crippen LogP contribution is 2.29. The van der Waals surface area contributed by atoms with Gasteiger partial charge in [0.25, 0.3) is 5.92 Å². The molecule has 0 N–H and O–H groups in total. The molecule has 2 heteroatoms. The molecular formula is C14H22F2. The number of halogens is 2. The van der Waals surface area contributed by atoms with Crippen LogP contribution >= 0.6 is 0 Å². The van der Waals surface area contributed by atoms with Crippen molar-refractivity contribution in [2.75, 3.05) is 0 Å². The molecule has 0 heterocycles. The van der Waals surface area contributed by atoms with Crippen LogP contribution in [0.5, 0.6) is 0 Å². The zero-order chi connectivity index (χ0) is 12.8. The summed E-state index contributed by atoms with van der Waals surface area (Å²) in [5.41, 5.74) is 2.19. The Bertz CT molecular complexity index is 292. The van der Waals surface area contributed by atoms with E-state index < -0.39 is 5.92 Å². The van der Waals surface area contributed by atoms with Gasteiger partial charge >= 0.3 is 0 Å². The molecule has 0 aromatic carbocycles. The number of rotatable bonds is 6. The maximum atomic E-state index is 13.3. The van der Waals surface area contributed by atoms with E-state index in [9.17, 15) is 8.78 Å². The van der Waals surface area contributed by atoms with Crippen molar-refractivity contribution in [3.05, 3.63) is 35.5 Å². The molecule has 0 atom stereocenters. The fourth-order valence-corrected chi connectivity index (χ4v) is 1.19. The molecule has 0 saturated carbocycles. The van der Waals surface area contributed by atoms with Crippen molar-refractivity contribution in [1.29, 1.82) is 0 Å². The molecule has 0 nitrogen and oxygen atoms in total. The summed E-state index contributed by atoms with van der Waals surface area (Å²) in [6, 6.07) is 0. The number of hydrogen-bond acceptors (Lipinski definition) is 0. The third-order valence-electron chi connectivity index (χ3n) is 2.49. The largest absolute Gasteiger partial charge is 0.269 e. The molecule has 16 heavy (non-hydrogen) atoms. The van der Waals surface area contributed by atoms with E-state index in [-0.39, 0.29) is 12.0 Å². The van der Waals surface area contributed by atoms with Gasteiger partial charge in [0.2, 0.25) is 0 Å². The summed E-state index contributed by atoms with van der Waals surface area (Å²) in [4.78, 5) is 0. The Morgan fingerprint density at radius 2 is 1.75 bits per heavy atom. The average Bonchev–Trinajstić information content (AvgIpc) is 2.17. The molecule has 0 amide bonds. The van der Waals surface area contributed by atoms with Crippen LogP contribution in [0.3, 0.4) is 0 Å². The van der Waals surface area contributed by atoms with Gasteiger partial charge in [-0.15, -0.1) is 0 Å². The summed E-state index contributed by atoms with van der Waals surface area (Å²) in [6.07, 6.45) is 5.02. The summed E-state index contributed by atoms with van der Waals surface area (Å²) >= 11 is 0. The first-order valence-electron chi connectivity index (χ1n) is 5.66. The van der Waals surface area contributed by atoms with E-state index in [0.717, 1.165) is 12.0 Å². The van der Waals surface area contributed by atoms with Crippen molar-refractivity contribution in [3.63, 3.8) is 0 Å². The lowest BCUT2D eigenvalue weighted by Crippen LogP contribution is -2.16. The van der Waals surface area contributed by atoms with Crippen LogP contribution < -0.4 is 0 Å². The van der Waals surface area contributed by atoms with Crippen molar-refractivity contribution >= 4 is 0 Å². The second-order valence-corrected chi connectivity index (χ2v) is 4.41. The highest BCUT2D eigenvalue weighted by molar-refractivity contribution is 5.16. The standard InChI is InChI=1S/C14H22F2/c1-6-13(8-7-11(2)3)9-10-14(15,16)12(4)5/h7-8H,4,6,9-10H2,1-3,5H3/b13-8+. The zero-order valence-corrected chi connectivity index (χ0v) is 10.7. The predicted octanol–water partition coefficient (Wildman–Crippen LogP) is 5.28. The molecule has 92 valence electrons.